The number of methoxy groups -OCH3 is 2. The summed E-state index contributed by atoms with van der Waals surface area (Å²) in [4.78, 5) is 0.229. The van der Waals surface area contributed by atoms with Crippen LogP contribution in [-0.4, -0.2) is 32.8 Å². The first-order valence-electron chi connectivity index (χ1n) is 10.0. The summed E-state index contributed by atoms with van der Waals surface area (Å²) >= 11 is 3.44. The Bertz CT molecular complexity index is 1270. The summed E-state index contributed by atoms with van der Waals surface area (Å²) in [6, 6.07) is 19.4. The van der Waals surface area contributed by atoms with E-state index in [0.717, 1.165) is 10.0 Å². The van der Waals surface area contributed by atoms with Gasteiger partial charge in [-0.25, -0.2) is 0 Å². The smallest absolute Gasteiger partial charge is 0.279 e. The van der Waals surface area contributed by atoms with Crippen molar-refractivity contribution in [3.63, 3.8) is 0 Å². The highest BCUT2D eigenvalue weighted by Gasteiger charge is 2.39. The highest BCUT2D eigenvalue weighted by Crippen LogP contribution is 2.42. The molecule has 4 rings (SSSR count). The molecule has 0 amide bonds. The number of sulfonamides is 1. The van der Waals surface area contributed by atoms with E-state index in [1.165, 1.54) is 4.41 Å². The number of nitrogens with zero attached hydrogens (tertiary/aromatic N) is 2. The molecular weight excluding hydrogens is 492 g/mol. The molecule has 8 heteroatoms. The third-order valence-electron chi connectivity index (χ3n) is 5.46. The summed E-state index contributed by atoms with van der Waals surface area (Å²) in [6.45, 7) is 1.78. The Morgan fingerprint density at radius 3 is 2.38 bits per heavy atom. The van der Waals surface area contributed by atoms with Crippen LogP contribution < -0.4 is 9.47 Å². The standard InChI is InChI=1S/C24H23BrN2O4S/c1-16-6-4-5-7-24(16)32(28,29)27-22(20-14-19(30-2)12-13-23(20)31-3)15-21(26-27)17-8-10-18(25)11-9-17/h4-14,22H,15H2,1-3H3/t22-/m0/s1. The summed E-state index contributed by atoms with van der Waals surface area (Å²) in [5.41, 5.74) is 2.91. The molecule has 1 heterocycles. The number of aryl methyl sites for hydroxylation is 1. The van der Waals surface area contributed by atoms with E-state index in [-0.39, 0.29) is 4.90 Å². The van der Waals surface area contributed by atoms with Crippen molar-refractivity contribution in [2.75, 3.05) is 14.2 Å². The Labute approximate surface area is 196 Å². The van der Waals surface area contributed by atoms with Gasteiger partial charge in [0.2, 0.25) is 0 Å². The van der Waals surface area contributed by atoms with Crippen LogP contribution in [0.3, 0.4) is 0 Å². The van der Waals surface area contributed by atoms with Crippen LogP contribution in [0.25, 0.3) is 0 Å². The molecule has 0 fully saturated rings. The van der Waals surface area contributed by atoms with E-state index >= 15 is 0 Å². The number of rotatable bonds is 6. The molecule has 32 heavy (non-hydrogen) atoms. The van der Waals surface area contributed by atoms with E-state index < -0.39 is 16.1 Å². The fourth-order valence-corrected chi connectivity index (χ4v) is 5.73. The Morgan fingerprint density at radius 2 is 1.72 bits per heavy atom. The van der Waals surface area contributed by atoms with Crippen LogP contribution >= 0.6 is 15.9 Å². The molecule has 1 atom stereocenters. The van der Waals surface area contributed by atoms with Crippen molar-refractivity contribution in [1.82, 2.24) is 4.41 Å². The van der Waals surface area contributed by atoms with Crippen LogP contribution in [0.2, 0.25) is 0 Å². The van der Waals surface area contributed by atoms with Gasteiger partial charge in [0.05, 0.1) is 30.9 Å². The van der Waals surface area contributed by atoms with Gasteiger partial charge in [-0.2, -0.15) is 17.9 Å². The molecule has 6 nitrogen and oxygen atoms in total. The minimum atomic E-state index is -3.92. The topological polar surface area (TPSA) is 68.2 Å². The fraction of sp³-hybridized carbons (Fsp3) is 0.208. The van der Waals surface area contributed by atoms with Crippen LogP contribution in [0.4, 0.5) is 0 Å². The Kier molecular flexibility index (Phi) is 6.26. The van der Waals surface area contributed by atoms with Gasteiger partial charge < -0.3 is 9.47 Å². The average Bonchev–Trinajstić information content (AvgIpc) is 3.25. The molecule has 1 aliphatic heterocycles. The summed E-state index contributed by atoms with van der Waals surface area (Å²) in [7, 11) is -0.778. The van der Waals surface area contributed by atoms with Crippen molar-refractivity contribution in [2.45, 2.75) is 24.3 Å². The first-order chi connectivity index (χ1) is 15.3. The van der Waals surface area contributed by atoms with Crippen molar-refractivity contribution in [1.29, 1.82) is 0 Å². The van der Waals surface area contributed by atoms with Gasteiger partial charge in [0, 0.05) is 16.5 Å². The van der Waals surface area contributed by atoms with E-state index in [2.05, 4.69) is 21.0 Å². The molecule has 3 aromatic rings. The lowest BCUT2D eigenvalue weighted by molar-refractivity contribution is 0.346. The van der Waals surface area contributed by atoms with Crippen molar-refractivity contribution >= 4 is 31.7 Å². The second-order valence-electron chi connectivity index (χ2n) is 7.42. The Hall–Kier alpha value is -2.84. The molecule has 0 radical (unpaired) electrons. The molecule has 0 saturated heterocycles. The molecule has 0 aromatic heterocycles. The summed E-state index contributed by atoms with van der Waals surface area (Å²) in [5.74, 6) is 1.19. The molecule has 166 valence electrons. The van der Waals surface area contributed by atoms with Gasteiger partial charge >= 0.3 is 0 Å². The maximum Gasteiger partial charge on any atom is 0.279 e. The molecule has 0 spiro atoms. The van der Waals surface area contributed by atoms with Crippen molar-refractivity contribution < 1.29 is 17.9 Å². The molecule has 0 saturated carbocycles. The zero-order chi connectivity index (χ0) is 22.9. The van der Waals surface area contributed by atoms with Crippen molar-refractivity contribution in [2.24, 2.45) is 5.10 Å². The van der Waals surface area contributed by atoms with Crippen molar-refractivity contribution in [3.8, 4) is 11.5 Å². The first kappa shape index (κ1) is 22.4. The number of hydrogen-bond donors (Lipinski definition) is 0. The molecule has 3 aromatic carbocycles. The second kappa shape index (κ2) is 8.96. The summed E-state index contributed by atoms with van der Waals surface area (Å²) in [5, 5.41) is 4.62. The van der Waals surface area contributed by atoms with Crippen LogP contribution in [0.5, 0.6) is 11.5 Å². The van der Waals surface area contributed by atoms with Gasteiger partial charge in [0.25, 0.3) is 10.0 Å². The highest BCUT2D eigenvalue weighted by atomic mass is 79.9. The lowest BCUT2D eigenvalue weighted by Gasteiger charge is -2.25. The number of halogens is 1. The Morgan fingerprint density at radius 1 is 1.00 bits per heavy atom. The molecular formula is C24H23BrN2O4S. The first-order valence-corrected chi connectivity index (χ1v) is 12.2. The third-order valence-corrected chi connectivity index (χ3v) is 7.83. The maximum absolute atomic E-state index is 13.8. The normalized spacial score (nSPS) is 16.1. The quantitative estimate of drug-likeness (QED) is 0.446. The number of ether oxygens (including phenoxy) is 2. The lowest BCUT2D eigenvalue weighted by Crippen LogP contribution is -2.28. The average molecular weight is 515 g/mol. The lowest BCUT2D eigenvalue weighted by atomic mass is 9.98. The van der Waals surface area contributed by atoms with Crippen LogP contribution in [0, 0.1) is 6.92 Å². The van der Waals surface area contributed by atoms with Gasteiger partial charge in [-0.05, 0) is 54.4 Å². The molecule has 0 aliphatic carbocycles. The maximum atomic E-state index is 13.8. The minimum absolute atomic E-state index is 0.229. The highest BCUT2D eigenvalue weighted by molar-refractivity contribution is 9.10. The van der Waals surface area contributed by atoms with E-state index in [9.17, 15) is 8.42 Å². The van der Waals surface area contributed by atoms with E-state index in [0.29, 0.717) is 34.8 Å². The van der Waals surface area contributed by atoms with Gasteiger partial charge in [-0.15, -0.1) is 0 Å². The molecule has 0 N–H and O–H groups in total. The predicted octanol–water partition coefficient (Wildman–Crippen LogP) is 5.31. The molecule has 1 aliphatic rings. The zero-order valence-electron chi connectivity index (χ0n) is 17.9. The SMILES string of the molecule is COc1ccc(OC)c([C@@H]2CC(c3ccc(Br)cc3)=NN2S(=O)(=O)c2ccccc2C)c1. The summed E-state index contributed by atoms with van der Waals surface area (Å²) < 4.78 is 40.6. The Balaban J connectivity index is 1.87. The van der Waals surface area contributed by atoms with Crippen molar-refractivity contribution in [3.05, 3.63) is 87.9 Å². The van der Waals surface area contributed by atoms with Gasteiger partial charge in [0.1, 0.15) is 11.5 Å². The van der Waals surface area contributed by atoms with Gasteiger partial charge in [0.15, 0.2) is 0 Å². The monoisotopic (exact) mass is 514 g/mol. The van der Waals surface area contributed by atoms with Crippen LogP contribution in [-0.2, 0) is 10.0 Å². The minimum Gasteiger partial charge on any atom is -0.497 e. The largest absolute Gasteiger partial charge is 0.497 e. The zero-order valence-corrected chi connectivity index (χ0v) is 20.4. The van der Waals surface area contributed by atoms with Crippen LogP contribution in [0.1, 0.15) is 29.2 Å². The van der Waals surface area contributed by atoms with Gasteiger partial charge in [-0.1, -0.05) is 46.3 Å². The number of benzene rings is 3. The van der Waals surface area contributed by atoms with E-state index in [1.807, 2.05) is 36.4 Å². The van der Waals surface area contributed by atoms with Gasteiger partial charge in [-0.3, -0.25) is 0 Å². The second-order valence-corrected chi connectivity index (χ2v) is 10.1. The predicted molar refractivity (Wildman–Crippen MR) is 128 cm³/mol. The number of hydrazone groups is 1. The molecule has 0 unspecified atom stereocenters. The molecule has 0 bridgehead atoms. The van der Waals surface area contributed by atoms with Crippen LogP contribution in [0.15, 0.2) is 81.2 Å². The number of hydrogen-bond acceptors (Lipinski definition) is 5. The summed E-state index contributed by atoms with van der Waals surface area (Å²) in [6.07, 6.45) is 0.399. The van der Waals surface area contributed by atoms with E-state index in [1.54, 1.807) is 51.5 Å². The fourth-order valence-electron chi connectivity index (χ4n) is 3.81. The van der Waals surface area contributed by atoms with E-state index in [4.69, 9.17) is 9.47 Å². The third kappa shape index (κ3) is 4.12.